The van der Waals surface area contributed by atoms with Crippen molar-refractivity contribution in [3.63, 3.8) is 0 Å². The maximum Gasteiger partial charge on any atom is 0.295 e. The quantitative estimate of drug-likeness (QED) is 0.646. The first kappa shape index (κ1) is 19.8. The first-order valence-corrected chi connectivity index (χ1v) is 9.76. The smallest absolute Gasteiger partial charge is 0.295 e. The van der Waals surface area contributed by atoms with E-state index in [0.29, 0.717) is 11.4 Å². The SMILES string of the molecule is COc1ccc(S[C@H](C)C(=O)Nc2c(C)n(C)n(-c3ccccc3)c2=O)cc1. The van der Waals surface area contributed by atoms with Gasteiger partial charge >= 0.3 is 0 Å². The van der Waals surface area contributed by atoms with Crippen molar-refractivity contribution in [1.82, 2.24) is 9.36 Å². The molecule has 1 atom stereocenters. The lowest BCUT2D eigenvalue weighted by Gasteiger charge is -2.11. The number of aromatic nitrogens is 2. The average molecular weight is 398 g/mol. The number of hydrogen-bond donors (Lipinski definition) is 1. The van der Waals surface area contributed by atoms with E-state index >= 15 is 0 Å². The molecule has 1 heterocycles. The molecule has 0 aliphatic rings. The van der Waals surface area contributed by atoms with Crippen LogP contribution in [-0.4, -0.2) is 27.6 Å². The molecule has 0 saturated heterocycles. The zero-order valence-corrected chi connectivity index (χ0v) is 17.1. The van der Waals surface area contributed by atoms with Crippen molar-refractivity contribution in [1.29, 1.82) is 0 Å². The van der Waals surface area contributed by atoms with Crippen LogP contribution in [0.3, 0.4) is 0 Å². The van der Waals surface area contributed by atoms with E-state index in [9.17, 15) is 9.59 Å². The van der Waals surface area contributed by atoms with Gasteiger partial charge in [0.15, 0.2) is 0 Å². The summed E-state index contributed by atoms with van der Waals surface area (Å²) in [5.74, 6) is 0.551. The Hall–Kier alpha value is -2.93. The second-order valence-electron chi connectivity index (χ2n) is 6.36. The van der Waals surface area contributed by atoms with E-state index in [4.69, 9.17) is 4.74 Å². The van der Waals surface area contributed by atoms with Crippen LogP contribution in [0.15, 0.2) is 64.3 Å². The molecule has 3 rings (SSSR count). The lowest BCUT2D eigenvalue weighted by molar-refractivity contribution is -0.115. The molecule has 28 heavy (non-hydrogen) atoms. The lowest BCUT2D eigenvalue weighted by Crippen LogP contribution is -2.27. The number of carbonyl (C=O) groups excluding carboxylic acids is 1. The van der Waals surface area contributed by atoms with Gasteiger partial charge < -0.3 is 10.1 Å². The van der Waals surface area contributed by atoms with Crippen molar-refractivity contribution < 1.29 is 9.53 Å². The fraction of sp³-hybridized carbons (Fsp3) is 0.238. The number of anilines is 1. The van der Waals surface area contributed by atoms with E-state index in [1.54, 1.807) is 23.5 Å². The average Bonchev–Trinajstić information content (AvgIpc) is 2.92. The molecule has 3 aromatic rings. The summed E-state index contributed by atoms with van der Waals surface area (Å²) >= 11 is 1.43. The summed E-state index contributed by atoms with van der Waals surface area (Å²) in [5.41, 5.74) is 1.50. The molecule has 0 aliphatic heterocycles. The summed E-state index contributed by atoms with van der Waals surface area (Å²) in [7, 11) is 3.41. The highest BCUT2D eigenvalue weighted by molar-refractivity contribution is 8.00. The largest absolute Gasteiger partial charge is 0.497 e. The summed E-state index contributed by atoms with van der Waals surface area (Å²) in [5, 5.41) is 2.45. The molecule has 1 amide bonds. The van der Waals surface area contributed by atoms with Crippen molar-refractivity contribution in [2.75, 3.05) is 12.4 Å². The molecule has 6 nitrogen and oxygen atoms in total. The third-order valence-corrected chi connectivity index (χ3v) is 5.66. The number of hydrogen-bond acceptors (Lipinski definition) is 4. The Morgan fingerprint density at radius 3 is 2.36 bits per heavy atom. The molecule has 0 unspecified atom stereocenters. The van der Waals surface area contributed by atoms with Crippen molar-refractivity contribution >= 4 is 23.4 Å². The molecule has 0 saturated carbocycles. The van der Waals surface area contributed by atoms with E-state index in [1.807, 2.05) is 68.4 Å². The van der Waals surface area contributed by atoms with Gasteiger partial charge in [0.05, 0.1) is 23.7 Å². The van der Waals surface area contributed by atoms with Crippen LogP contribution in [-0.2, 0) is 11.8 Å². The van der Waals surface area contributed by atoms with Crippen molar-refractivity contribution in [2.45, 2.75) is 24.0 Å². The number of benzene rings is 2. The third kappa shape index (κ3) is 3.99. The lowest BCUT2D eigenvalue weighted by atomic mass is 10.3. The molecule has 146 valence electrons. The van der Waals surface area contributed by atoms with Crippen molar-refractivity contribution in [3.8, 4) is 11.4 Å². The molecule has 0 bridgehead atoms. The van der Waals surface area contributed by atoms with Crippen molar-refractivity contribution in [3.05, 3.63) is 70.6 Å². The van der Waals surface area contributed by atoms with E-state index in [1.165, 1.54) is 11.8 Å². The summed E-state index contributed by atoms with van der Waals surface area (Å²) in [6.07, 6.45) is 0. The van der Waals surface area contributed by atoms with Gasteiger partial charge in [-0.1, -0.05) is 18.2 Å². The van der Waals surface area contributed by atoms with Crippen LogP contribution in [0.5, 0.6) is 5.75 Å². The molecule has 0 radical (unpaired) electrons. The van der Waals surface area contributed by atoms with Crippen LogP contribution in [0.2, 0.25) is 0 Å². The van der Waals surface area contributed by atoms with Crippen LogP contribution in [0, 0.1) is 6.92 Å². The zero-order valence-electron chi connectivity index (χ0n) is 16.3. The summed E-state index contributed by atoms with van der Waals surface area (Å²) in [6.45, 7) is 3.63. The van der Waals surface area contributed by atoms with Gasteiger partial charge in [0.1, 0.15) is 11.4 Å². The van der Waals surface area contributed by atoms with Gasteiger partial charge in [0.2, 0.25) is 5.91 Å². The Kier molecular flexibility index (Phi) is 5.94. The number of thioether (sulfide) groups is 1. The Balaban J connectivity index is 1.79. The van der Waals surface area contributed by atoms with Gasteiger partial charge in [-0.05, 0) is 50.2 Å². The normalized spacial score (nSPS) is 11.9. The fourth-order valence-electron chi connectivity index (χ4n) is 2.85. The van der Waals surface area contributed by atoms with Crippen LogP contribution in [0.4, 0.5) is 5.69 Å². The zero-order chi connectivity index (χ0) is 20.3. The van der Waals surface area contributed by atoms with E-state index in [2.05, 4.69) is 5.32 Å². The number of ether oxygens (including phenoxy) is 1. The summed E-state index contributed by atoms with van der Waals surface area (Å²) in [4.78, 5) is 26.5. The predicted octanol–water partition coefficient (Wildman–Crippen LogP) is 3.61. The minimum Gasteiger partial charge on any atom is -0.497 e. The predicted molar refractivity (Wildman–Crippen MR) is 113 cm³/mol. The Labute approximate surface area is 168 Å². The molecule has 7 heteroatoms. The molecular formula is C21H23N3O3S. The Morgan fingerprint density at radius 1 is 1.11 bits per heavy atom. The summed E-state index contributed by atoms with van der Waals surface area (Å²) < 4.78 is 8.44. The van der Waals surface area contributed by atoms with Crippen LogP contribution in [0.1, 0.15) is 12.6 Å². The third-order valence-electron chi connectivity index (χ3n) is 4.54. The summed E-state index contributed by atoms with van der Waals surface area (Å²) in [6, 6.07) is 16.9. The maximum atomic E-state index is 12.9. The van der Waals surface area contributed by atoms with Gasteiger partial charge in [-0.3, -0.25) is 14.3 Å². The number of carbonyl (C=O) groups is 1. The minimum absolute atomic E-state index is 0.216. The molecule has 1 N–H and O–H groups in total. The van der Waals surface area contributed by atoms with Crippen LogP contribution >= 0.6 is 11.8 Å². The van der Waals surface area contributed by atoms with Gasteiger partial charge in [-0.15, -0.1) is 11.8 Å². The first-order valence-electron chi connectivity index (χ1n) is 8.88. The highest BCUT2D eigenvalue weighted by Crippen LogP contribution is 2.26. The Morgan fingerprint density at radius 2 is 1.75 bits per heavy atom. The fourth-order valence-corrected chi connectivity index (χ4v) is 3.72. The minimum atomic E-state index is -0.363. The standard InChI is InChI=1S/C21H23N3O3S/c1-14-19(21(26)24(23(14)3)16-8-6-5-7-9-16)22-20(25)15(2)28-18-12-10-17(27-4)11-13-18/h5-13,15H,1-4H3,(H,22,25)/t15-/m1/s1. The van der Waals surface area contributed by atoms with Crippen LogP contribution < -0.4 is 15.6 Å². The number of para-hydroxylation sites is 1. The molecule has 0 spiro atoms. The molecule has 1 aromatic heterocycles. The van der Waals surface area contributed by atoms with Crippen LogP contribution in [0.25, 0.3) is 5.69 Å². The Bertz CT molecular complexity index is 1020. The molecule has 0 fully saturated rings. The van der Waals surface area contributed by atoms with Gasteiger partial charge in [-0.25, -0.2) is 4.68 Å². The highest BCUT2D eigenvalue weighted by Gasteiger charge is 2.21. The number of nitrogens with one attached hydrogen (secondary N) is 1. The first-order chi connectivity index (χ1) is 13.4. The number of amides is 1. The van der Waals surface area contributed by atoms with Crippen molar-refractivity contribution in [2.24, 2.45) is 7.05 Å². The topological polar surface area (TPSA) is 65.3 Å². The maximum absolute atomic E-state index is 12.9. The van der Waals surface area contributed by atoms with Gasteiger partial charge in [0.25, 0.3) is 5.56 Å². The second kappa shape index (κ2) is 8.39. The van der Waals surface area contributed by atoms with E-state index in [-0.39, 0.29) is 16.7 Å². The number of nitrogens with zero attached hydrogens (tertiary/aromatic N) is 2. The monoisotopic (exact) mass is 397 g/mol. The molecule has 2 aromatic carbocycles. The van der Waals surface area contributed by atoms with E-state index < -0.39 is 0 Å². The van der Waals surface area contributed by atoms with E-state index in [0.717, 1.165) is 16.3 Å². The number of rotatable bonds is 6. The number of methoxy groups -OCH3 is 1. The second-order valence-corrected chi connectivity index (χ2v) is 7.78. The molecular weight excluding hydrogens is 374 g/mol. The highest BCUT2D eigenvalue weighted by atomic mass is 32.2. The molecule has 0 aliphatic carbocycles. The van der Waals surface area contributed by atoms with Gasteiger partial charge in [-0.2, -0.15) is 0 Å². The van der Waals surface area contributed by atoms with Gasteiger partial charge in [0, 0.05) is 11.9 Å².